The van der Waals surface area contributed by atoms with Gasteiger partial charge in [-0.15, -0.1) is 0 Å². The van der Waals surface area contributed by atoms with E-state index in [4.69, 9.17) is 5.11 Å². The lowest BCUT2D eigenvalue weighted by Crippen LogP contribution is -1.74. The van der Waals surface area contributed by atoms with E-state index in [0.717, 1.165) is 0 Å². The summed E-state index contributed by atoms with van der Waals surface area (Å²) in [5, 5.41) is 8.30. The molecule has 0 fully saturated rings. The van der Waals surface area contributed by atoms with Crippen molar-refractivity contribution >= 4 is 11.1 Å². The monoisotopic (exact) mass is 107 g/mol. The fourth-order valence-corrected chi connectivity index (χ4v) is 0.149. The van der Waals surface area contributed by atoms with E-state index in [1.807, 2.05) is 0 Å². The van der Waals surface area contributed by atoms with E-state index in [-0.39, 0.29) is 0 Å². The van der Waals surface area contributed by atoms with E-state index in [2.05, 4.69) is 0 Å². The quantitative estimate of drug-likeness (QED) is 0.376. The molecule has 0 rings (SSSR count). The predicted molar refractivity (Wildman–Crippen MR) is 20.7 cm³/mol. The number of rotatable bonds is 1. The van der Waals surface area contributed by atoms with Crippen molar-refractivity contribution in [2.24, 2.45) is 0 Å². The summed E-state index contributed by atoms with van der Waals surface area (Å²) in [5.41, 5.74) is 0. The lowest BCUT2D eigenvalue weighted by molar-refractivity contribution is 0.473. The number of aliphatic hydroxyl groups excluding tert-OH is 1. The van der Waals surface area contributed by atoms with Crippen molar-refractivity contribution in [3.63, 3.8) is 0 Å². The van der Waals surface area contributed by atoms with E-state index in [9.17, 15) is 8.76 Å². The minimum absolute atomic E-state index is 0.461. The first kappa shape index (κ1) is 5.65. The molecule has 36 valence electrons. The zero-order valence-electron chi connectivity index (χ0n) is 2.83. The molecule has 3 nitrogen and oxygen atoms in total. The molecule has 0 saturated heterocycles. The zero-order chi connectivity index (χ0) is 4.99. The van der Waals surface area contributed by atoms with Gasteiger partial charge in [0.15, 0.2) is 0 Å². The van der Waals surface area contributed by atoms with Crippen molar-refractivity contribution in [2.45, 2.75) is 0 Å². The molecule has 0 aliphatic carbocycles. The fourth-order valence-electron chi connectivity index (χ4n) is 0.0497. The maximum atomic E-state index is 9.35. The Morgan fingerprint density at radius 3 is 2.33 bits per heavy atom. The summed E-state index contributed by atoms with van der Waals surface area (Å²) in [6.45, 7) is 0. The Bertz CT molecular complexity index is 76.9. The van der Waals surface area contributed by atoms with E-state index < -0.39 is 11.1 Å². The van der Waals surface area contributed by atoms with Crippen LogP contribution in [0.4, 0.5) is 0 Å². The molecule has 1 N–H and O–H groups in total. The first-order valence-corrected chi connectivity index (χ1v) is 2.30. The van der Waals surface area contributed by atoms with Crippen LogP contribution in [0.15, 0.2) is 11.7 Å². The van der Waals surface area contributed by atoms with Gasteiger partial charge in [0.05, 0.1) is 6.26 Å². The average molecular weight is 107 g/mol. The topological polar surface area (TPSA) is 60.4 Å². The van der Waals surface area contributed by atoms with E-state index in [0.29, 0.717) is 11.7 Å². The summed E-state index contributed by atoms with van der Waals surface area (Å²) < 4.78 is 18.7. The Kier molecular flexibility index (Phi) is 2.70. The SMILES string of the molecule is O=S([O-])C=CO. The summed E-state index contributed by atoms with van der Waals surface area (Å²) >= 11 is -2.25. The summed E-state index contributed by atoms with van der Waals surface area (Å²) in [7, 11) is 0. The molecular formula is C2H3O3S-. The van der Waals surface area contributed by atoms with Gasteiger partial charge in [0.2, 0.25) is 0 Å². The Morgan fingerprint density at radius 1 is 1.83 bits per heavy atom. The fraction of sp³-hybridized carbons (Fsp3) is 0. The second-order valence-electron chi connectivity index (χ2n) is 0.546. The molecule has 0 saturated carbocycles. The highest BCUT2D eigenvalue weighted by Gasteiger charge is 1.59. The third kappa shape index (κ3) is 3.65. The smallest absolute Gasteiger partial charge is 0.0868 e. The van der Waals surface area contributed by atoms with Crippen LogP contribution in [0.1, 0.15) is 0 Å². The molecule has 0 aromatic carbocycles. The first-order valence-electron chi connectivity index (χ1n) is 1.16. The largest absolute Gasteiger partial charge is 0.769 e. The number of hydrogen-bond donors (Lipinski definition) is 1. The van der Waals surface area contributed by atoms with E-state index in [1.54, 1.807) is 0 Å². The van der Waals surface area contributed by atoms with Crippen LogP contribution in [0.2, 0.25) is 0 Å². The summed E-state index contributed by atoms with van der Waals surface area (Å²) in [4.78, 5) is 0. The van der Waals surface area contributed by atoms with Crippen LogP contribution in [0.5, 0.6) is 0 Å². The minimum Gasteiger partial charge on any atom is -0.769 e. The predicted octanol–water partition coefficient (Wildman–Crippen LogP) is -0.105. The summed E-state index contributed by atoms with van der Waals surface area (Å²) in [6, 6.07) is 0. The van der Waals surface area contributed by atoms with Gasteiger partial charge in [-0.1, -0.05) is 0 Å². The van der Waals surface area contributed by atoms with Crippen molar-refractivity contribution in [1.29, 1.82) is 0 Å². The molecule has 1 unspecified atom stereocenters. The molecule has 0 radical (unpaired) electrons. The summed E-state index contributed by atoms with van der Waals surface area (Å²) in [5.74, 6) is 0. The van der Waals surface area contributed by atoms with Crippen molar-refractivity contribution in [1.82, 2.24) is 0 Å². The van der Waals surface area contributed by atoms with Crippen LogP contribution < -0.4 is 0 Å². The second-order valence-corrected chi connectivity index (χ2v) is 1.34. The van der Waals surface area contributed by atoms with E-state index in [1.165, 1.54) is 0 Å². The molecule has 0 spiro atoms. The lowest BCUT2D eigenvalue weighted by Gasteiger charge is -1.89. The van der Waals surface area contributed by atoms with Gasteiger partial charge in [-0.25, -0.2) is 0 Å². The number of hydrogen-bond acceptors (Lipinski definition) is 3. The maximum absolute atomic E-state index is 9.35. The van der Waals surface area contributed by atoms with Crippen LogP contribution in [-0.4, -0.2) is 13.9 Å². The van der Waals surface area contributed by atoms with Gasteiger partial charge in [0, 0.05) is 5.41 Å². The van der Waals surface area contributed by atoms with Gasteiger partial charge in [-0.2, -0.15) is 0 Å². The van der Waals surface area contributed by atoms with Gasteiger partial charge >= 0.3 is 0 Å². The molecule has 0 aliphatic rings. The van der Waals surface area contributed by atoms with Gasteiger partial charge in [-0.05, 0) is 11.1 Å². The normalized spacial score (nSPS) is 15.5. The molecule has 0 heterocycles. The molecule has 0 aromatic heterocycles. The van der Waals surface area contributed by atoms with Crippen LogP contribution in [-0.2, 0) is 11.1 Å². The third-order valence-electron chi connectivity index (χ3n) is 0.172. The van der Waals surface area contributed by atoms with Crippen LogP contribution >= 0.6 is 0 Å². The van der Waals surface area contributed by atoms with Crippen molar-refractivity contribution in [3.8, 4) is 0 Å². The van der Waals surface area contributed by atoms with Crippen LogP contribution in [0, 0.1) is 0 Å². The van der Waals surface area contributed by atoms with Crippen molar-refractivity contribution in [2.75, 3.05) is 0 Å². The highest BCUT2D eigenvalue weighted by molar-refractivity contribution is 7.82. The Balaban J connectivity index is 3.30. The molecule has 4 heteroatoms. The molecule has 0 aromatic rings. The minimum atomic E-state index is -2.25. The molecule has 1 atom stereocenters. The zero-order valence-corrected chi connectivity index (χ0v) is 3.64. The molecule has 0 aliphatic heterocycles. The van der Waals surface area contributed by atoms with Crippen LogP contribution in [0.25, 0.3) is 0 Å². The molecule has 6 heavy (non-hydrogen) atoms. The van der Waals surface area contributed by atoms with Gasteiger partial charge in [0.1, 0.15) is 0 Å². The second kappa shape index (κ2) is 2.87. The highest BCUT2D eigenvalue weighted by Crippen LogP contribution is 1.69. The Labute approximate surface area is 37.6 Å². The Morgan fingerprint density at radius 2 is 2.33 bits per heavy atom. The maximum Gasteiger partial charge on any atom is 0.0868 e. The standard InChI is InChI=1S/C2H4O3S/c3-1-2-6(4)5/h1-3H,(H,4,5)/p-1. The molecule has 0 bridgehead atoms. The number of aliphatic hydroxyl groups is 1. The third-order valence-corrected chi connectivity index (χ3v) is 0.516. The average Bonchev–Trinajstić information content (AvgIpc) is 1.35. The lowest BCUT2D eigenvalue weighted by atomic mass is 11.2. The Hall–Kier alpha value is -0.350. The van der Waals surface area contributed by atoms with Crippen molar-refractivity contribution < 1.29 is 13.9 Å². The van der Waals surface area contributed by atoms with Gasteiger partial charge in [0.25, 0.3) is 0 Å². The molecular weight excluding hydrogens is 104 g/mol. The highest BCUT2D eigenvalue weighted by atomic mass is 32.2. The summed E-state index contributed by atoms with van der Waals surface area (Å²) in [6.07, 6.45) is 0.461. The van der Waals surface area contributed by atoms with Crippen LogP contribution in [0.3, 0.4) is 0 Å². The first-order chi connectivity index (χ1) is 2.77. The van der Waals surface area contributed by atoms with Crippen molar-refractivity contribution in [3.05, 3.63) is 11.7 Å². The molecule has 0 amide bonds. The van der Waals surface area contributed by atoms with Gasteiger partial charge in [-0.3, -0.25) is 4.21 Å². The van der Waals surface area contributed by atoms with Gasteiger partial charge < -0.3 is 9.66 Å². The van der Waals surface area contributed by atoms with E-state index >= 15 is 0 Å².